The monoisotopic (exact) mass is 422 g/mol. The Kier molecular flexibility index (Phi) is 6.07. The molecule has 1 amide bonds. The molecule has 3 aromatic rings. The van der Waals surface area contributed by atoms with Gasteiger partial charge < -0.3 is 9.30 Å². The van der Waals surface area contributed by atoms with Crippen LogP contribution in [0.4, 0.5) is 4.39 Å². The topological polar surface area (TPSA) is 77.7 Å². The van der Waals surface area contributed by atoms with E-state index in [1.807, 2.05) is 0 Å². The summed E-state index contributed by atoms with van der Waals surface area (Å²) < 4.78 is 44.9. The lowest BCUT2D eigenvalue weighted by atomic mass is 10.2. The first-order valence-electron chi connectivity index (χ1n) is 8.55. The summed E-state index contributed by atoms with van der Waals surface area (Å²) in [6.45, 7) is 2.43. The van der Waals surface area contributed by atoms with Crippen molar-refractivity contribution in [1.82, 2.24) is 4.57 Å². The van der Waals surface area contributed by atoms with Gasteiger partial charge in [-0.1, -0.05) is 18.3 Å². The summed E-state index contributed by atoms with van der Waals surface area (Å²) in [6, 6.07) is 10.1. The molecule has 1 aromatic heterocycles. The number of ether oxygens (including phenoxy) is 1. The van der Waals surface area contributed by atoms with Crippen LogP contribution in [0.25, 0.3) is 10.2 Å². The molecule has 0 radical (unpaired) electrons. The molecule has 0 spiro atoms. The van der Waals surface area contributed by atoms with Gasteiger partial charge in [0.2, 0.25) is 0 Å². The van der Waals surface area contributed by atoms with Gasteiger partial charge in [0, 0.05) is 19.2 Å². The number of carbonyl (C=O) groups is 1. The Balaban J connectivity index is 2.02. The molecular formula is C19H19FN2O4S2. The van der Waals surface area contributed by atoms with Gasteiger partial charge >= 0.3 is 0 Å². The van der Waals surface area contributed by atoms with E-state index in [0.717, 1.165) is 5.52 Å². The number of thiazole rings is 1. The van der Waals surface area contributed by atoms with Crippen molar-refractivity contribution < 1.29 is 22.3 Å². The van der Waals surface area contributed by atoms with Crippen molar-refractivity contribution in [2.24, 2.45) is 4.99 Å². The molecule has 0 atom stereocenters. The molecule has 0 aliphatic heterocycles. The van der Waals surface area contributed by atoms with Crippen LogP contribution in [0.15, 0.2) is 52.4 Å². The summed E-state index contributed by atoms with van der Waals surface area (Å²) in [4.78, 5) is 17.4. The SMILES string of the molecule is CCS(=O)(=O)c1ccc(C(=O)N=c2sc3cc(F)ccc3n2CCOC)cc1. The Morgan fingerprint density at radius 1 is 1.21 bits per heavy atom. The van der Waals surface area contributed by atoms with Crippen LogP contribution in [0, 0.1) is 5.82 Å². The van der Waals surface area contributed by atoms with E-state index in [0.29, 0.717) is 22.7 Å². The first-order chi connectivity index (χ1) is 13.4. The third-order valence-electron chi connectivity index (χ3n) is 4.20. The number of aromatic nitrogens is 1. The summed E-state index contributed by atoms with van der Waals surface area (Å²) in [5.41, 5.74) is 1.04. The zero-order valence-electron chi connectivity index (χ0n) is 15.4. The second-order valence-corrected chi connectivity index (χ2v) is 9.27. The van der Waals surface area contributed by atoms with Crippen LogP contribution in [-0.2, 0) is 21.1 Å². The maximum atomic E-state index is 13.5. The van der Waals surface area contributed by atoms with Gasteiger partial charge in [-0.2, -0.15) is 4.99 Å². The molecule has 0 bridgehead atoms. The highest BCUT2D eigenvalue weighted by molar-refractivity contribution is 7.91. The number of methoxy groups -OCH3 is 1. The van der Waals surface area contributed by atoms with Crippen LogP contribution >= 0.6 is 11.3 Å². The van der Waals surface area contributed by atoms with Gasteiger partial charge in [0.15, 0.2) is 14.6 Å². The van der Waals surface area contributed by atoms with Crippen molar-refractivity contribution >= 4 is 37.3 Å². The number of nitrogens with zero attached hydrogens (tertiary/aromatic N) is 2. The van der Waals surface area contributed by atoms with Crippen LogP contribution in [0.1, 0.15) is 17.3 Å². The van der Waals surface area contributed by atoms with Gasteiger partial charge in [-0.3, -0.25) is 4.79 Å². The fourth-order valence-electron chi connectivity index (χ4n) is 2.65. The normalized spacial score (nSPS) is 12.6. The van der Waals surface area contributed by atoms with Crippen molar-refractivity contribution in [3.63, 3.8) is 0 Å². The minimum absolute atomic E-state index is 0.0114. The average Bonchev–Trinajstić information content (AvgIpc) is 3.02. The molecule has 1 heterocycles. The van der Waals surface area contributed by atoms with E-state index < -0.39 is 15.7 Å². The second kappa shape index (κ2) is 8.34. The first-order valence-corrected chi connectivity index (χ1v) is 11.0. The number of sulfone groups is 1. The lowest BCUT2D eigenvalue weighted by Crippen LogP contribution is -2.19. The van der Waals surface area contributed by atoms with Crippen molar-refractivity contribution in [3.8, 4) is 0 Å². The summed E-state index contributed by atoms with van der Waals surface area (Å²) in [5.74, 6) is -0.875. The van der Waals surface area contributed by atoms with Gasteiger partial charge in [-0.15, -0.1) is 0 Å². The molecule has 0 N–H and O–H groups in total. The van der Waals surface area contributed by atoms with Gasteiger partial charge in [-0.05, 0) is 42.5 Å². The molecule has 148 valence electrons. The van der Waals surface area contributed by atoms with Gasteiger partial charge in [-0.25, -0.2) is 12.8 Å². The number of carbonyl (C=O) groups excluding carboxylic acids is 1. The Hall–Kier alpha value is -2.36. The molecule has 6 nitrogen and oxygen atoms in total. The van der Waals surface area contributed by atoms with E-state index in [1.54, 1.807) is 24.7 Å². The van der Waals surface area contributed by atoms with E-state index in [1.165, 1.54) is 47.7 Å². The molecule has 2 aromatic carbocycles. The van der Waals surface area contributed by atoms with Crippen LogP contribution < -0.4 is 4.80 Å². The third-order valence-corrected chi connectivity index (χ3v) is 6.99. The number of hydrogen-bond acceptors (Lipinski definition) is 5. The molecule has 9 heteroatoms. The summed E-state index contributed by atoms with van der Waals surface area (Å²) in [7, 11) is -1.76. The lowest BCUT2D eigenvalue weighted by Gasteiger charge is -2.04. The van der Waals surface area contributed by atoms with Gasteiger partial charge in [0.05, 0.1) is 27.5 Å². The van der Waals surface area contributed by atoms with Gasteiger partial charge in [0.1, 0.15) is 5.82 Å². The molecule has 3 rings (SSSR count). The van der Waals surface area contributed by atoms with Crippen LogP contribution in [0.2, 0.25) is 0 Å². The highest BCUT2D eigenvalue weighted by Gasteiger charge is 2.13. The predicted octanol–water partition coefficient (Wildman–Crippen LogP) is 3.02. The zero-order valence-corrected chi connectivity index (χ0v) is 17.0. The molecule has 0 saturated heterocycles. The Morgan fingerprint density at radius 3 is 2.57 bits per heavy atom. The first kappa shape index (κ1) is 20.4. The minimum Gasteiger partial charge on any atom is -0.383 e. The number of rotatable bonds is 6. The molecule has 0 fully saturated rings. The Morgan fingerprint density at radius 2 is 1.93 bits per heavy atom. The Labute approximate surface area is 165 Å². The highest BCUT2D eigenvalue weighted by Crippen LogP contribution is 2.19. The quantitative estimate of drug-likeness (QED) is 0.612. The van der Waals surface area contributed by atoms with E-state index in [2.05, 4.69) is 4.99 Å². The van der Waals surface area contributed by atoms with E-state index in [9.17, 15) is 17.6 Å². The molecular weight excluding hydrogens is 403 g/mol. The largest absolute Gasteiger partial charge is 0.383 e. The Bertz CT molecular complexity index is 1180. The average molecular weight is 423 g/mol. The van der Waals surface area contributed by atoms with Crippen LogP contribution in [0.5, 0.6) is 0 Å². The van der Waals surface area contributed by atoms with E-state index >= 15 is 0 Å². The minimum atomic E-state index is -3.33. The van der Waals surface area contributed by atoms with Gasteiger partial charge in [0.25, 0.3) is 5.91 Å². The van der Waals surface area contributed by atoms with Crippen molar-refractivity contribution in [3.05, 3.63) is 58.6 Å². The number of halogens is 1. The molecule has 0 unspecified atom stereocenters. The zero-order chi connectivity index (χ0) is 20.3. The fraction of sp³-hybridized carbons (Fsp3) is 0.263. The number of benzene rings is 2. The molecule has 28 heavy (non-hydrogen) atoms. The molecule has 0 aliphatic rings. The summed E-state index contributed by atoms with van der Waals surface area (Å²) in [5, 5.41) is 0. The van der Waals surface area contributed by atoms with E-state index in [-0.39, 0.29) is 22.0 Å². The fourth-order valence-corrected chi connectivity index (χ4v) is 4.62. The maximum Gasteiger partial charge on any atom is 0.279 e. The molecule has 0 aliphatic carbocycles. The lowest BCUT2D eigenvalue weighted by molar-refractivity contribution is 0.0997. The smallest absolute Gasteiger partial charge is 0.279 e. The maximum absolute atomic E-state index is 13.5. The predicted molar refractivity (Wildman–Crippen MR) is 106 cm³/mol. The summed E-state index contributed by atoms with van der Waals surface area (Å²) >= 11 is 1.21. The van der Waals surface area contributed by atoms with Crippen LogP contribution in [0.3, 0.4) is 0 Å². The van der Waals surface area contributed by atoms with Crippen molar-refractivity contribution in [2.75, 3.05) is 19.5 Å². The van der Waals surface area contributed by atoms with E-state index in [4.69, 9.17) is 4.74 Å². The van der Waals surface area contributed by atoms with Crippen molar-refractivity contribution in [2.45, 2.75) is 18.4 Å². The van der Waals surface area contributed by atoms with Crippen LogP contribution in [-0.4, -0.2) is 38.4 Å². The number of hydrogen-bond donors (Lipinski definition) is 0. The molecule has 0 saturated carbocycles. The third kappa shape index (κ3) is 4.21. The summed E-state index contributed by atoms with van der Waals surface area (Å²) in [6.07, 6.45) is 0. The standard InChI is InChI=1S/C19H19FN2O4S2/c1-3-28(24,25)15-7-4-13(5-8-15)18(23)21-19-22(10-11-26-2)16-9-6-14(20)12-17(16)27-19/h4-9,12H,3,10-11H2,1-2H3. The highest BCUT2D eigenvalue weighted by atomic mass is 32.2. The second-order valence-electron chi connectivity index (χ2n) is 5.99. The number of amides is 1. The number of fused-ring (bicyclic) bond motifs is 1. The van der Waals surface area contributed by atoms with Crippen molar-refractivity contribution in [1.29, 1.82) is 0 Å².